The first-order valence-electron chi connectivity index (χ1n) is 3.86. The highest BCUT2D eigenvalue weighted by atomic mass is 16.5. The molecule has 0 spiro atoms. The largest absolute Gasteiger partial charge is 0.390 e. The molecule has 2 aliphatic heterocycles. The zero-order chi connectivity index (χ0) is 6.97. The van der Waals surface area contributed by atoms with Gasteiger partial charge in [-0.25, -0.2) is 0 Å². The van der Waals surface area contributed by atoms with Crippen LogP contribution < -0.4 is 0 Å². The maximum atomic E-state index is 9.00. The van der Waals surface area contributed by atoms with Crippen molar-refractivity contribution in [3.05, 3.63) is 0 Å². The number of nitrogens with zero attached hydrogens (tertiary/aromatic N) is 1. The van der Waals surface area contributed by atoms with Gasteiger partial charge in [0.2, 0.25) is 0 Å². The van der Waals surface area contributed by atoms with Gasteiger partial charge in [-0.3, -0.25) is 4.90 Å². The SMILES string of the molecule is OC1CN([C@H]2CCOC2)C1. The summed E-state index contributed by atoms with van der Waals surface area (Å²) in [4.78, 5) is 2.29. The van der Waals surface area contributed by atoms with Crippen LogP contribution in [0.3, 0.4) is 0 Å². The summed E-state index contributed by atoms with van der Waals surface area (Å²) in [6.07, 6.45) is 1.08. The van der Waals surface area contributed by atoms with Crippen molar-refractivity contribution in [2.45, 2.75) is 18.6 Å². The summed E-state index contributed by atoms with van der Waals surface area (Å²) < 4.78 is 5.23. The lowest BCUT2D eigenvalue weighted by atomic mass is 10.1. The van der Waals surface area contributed by atoms with Gasteiger partial charge in [0.05, 0.1) is 12.7 Å². The Morgan fingerprint density at radius 3 is 2.70 bits per heavy atom. The fourth-order valence-corrected chi connectivity index (χ4v) is 1.60. The average Bonchev–Trinajstić information content (AvgIpc) is 2.31. The fourth-order valence-electron chi connectivity index (χ4n) is 1.60. The van der Waals surface area contributed by atoms with Crippen LogP contribution in [0, 0.1) is 0 Å². The van der Waals surface area contributed by atoms with Gasteiger partial charge in [-0.05, 0) is 6.42 Å². The van der Waals surface area contributed by atoms with E-state index in [2.05, 4.69) is 4.90 Å². The molecular formula is C7H13NO2. The van der Waals surface area contributed by atoms with Crippen LogP contribution in [0.25, 0.3) is 0 Å². The minimum absolute atomic E-state index is 0.0689. The smallest absolute Gasteiger partial charge is 0.0794 e. The van der Waals surface area contributed by atoms with Crippen LogP contribution in [0.15, 0.2) is 0 Å². The van der Waals surface area contributed by atoms with Crippen LogP contribution in [0.5, 0.6) is 0 Å². The van der Waals surface area contributed by atoms with E-state index in [1.807, 2.05) is 0 Å². The molecule has 0 aliphatic carbocycles. The van der Waals surface area contributed by atoms with Crippen LogP contribution in [0.2, 0.25) is 0 Å². The second-order valence-corrected chi connectivity index (χ2v) is 3.13. The van der Waals surface area contributed by atoms with Gasteiger partial charge in [0.25, 0.3) is 0 Å². The van der Waals surface area contributed by atoms with Gasteiger partial charge >= 0.3 is 0 Å². The van der Waals surface area contributed by atoms with Crippen molar-refractivity contribution in [3.8, 4) is 0 Å². The van der Waals surface area contributed by atoms with E-state index in [-0.39, 0.29) is 6.10 Å². The lowest BCUT2D eigenvalue weighted by Gasteiger charge is -2.39. The van der Waals surface area contributed by atoms with Crippen LogP contribution in [-0.4, -0.2) is 48.5 Å². The van der Waals surface area contributed by atoms with E-state index < -0.39 is 0 Å². The van der Waals surface area contributed by atoms with E-state index in [1.165, 1.54) is 0 Å². The van der Waals surface area contributed by atoms with Crippen molar-refractivity contribution in [2.75, 3.05) is 26.3 Å². The number of hydrogen-bond acceptors (Lipinski definition) is 3. The standard InChI is InChI=1S/C7H13NO2/c9-7-3-8(4-7)6-1-2-10-5-6/h6-7,9H,1-5H2/t6-/m0/s1. The highest BCUT2D eigenvalue weighted by molar-refractivity contribution is 4.86. The Kier molecular flexibility index (Phi) is 1.64. The lowest BCUT2D eigenvalue weighted by molar-refractivity contribution is -0.0261. The van der Waals surface area contributed by atoms with E-state index in [1.54, 1.807) is 0 Å². The van der Waals surface area contributed by atoms with Crippen LogP contribution in [0.1, 0.15) is 6.42 Å². The second kappa shape index (κ2) is 2.49. The topological polar surface area (TPSA) is 32.7 Å². The average molecular weight is 143 g/mol. The van der Waals surface area contributed by atoms with Crippen LogP contribution >= 0.6 is 0 Å². The Hall–Kier alpha value is -0.120. The minimum Gasteiger partial charge on any atom is -0.390 e. The zero-order valence-electron chi connectivity index (χ0n) is 5.99. The number of hydrogen-bond donors (Lipinski definition) is 1. The van der Waals surface area contributed by atoms with Gasteiger partial charge in [0.15, 0.2) is 0 Å². The third kappa shape index (κ3) is 1.05. The first-order valence-corrected chi connectivity index (χ1v) is 3.86. The number of ether oxygens (including phenoxy) is 1. The molecule has 0 aromatic rings. The summed E-state index contributed by atoms with van der Waals surface area (Å²) in [6, 6.07) is 0.600. The molecule has 58 valence electrons. The van der Waals surface area contributed by atoms with Crippen molar-refractivity contribution in [3.63, 3.8) is 0 Å². The normalized spacial score (nSPS) is 36.3. The molecule has 0 saturated carbocycles. The Balaban J connectivity index is 1.78. The maximum Gasteiger partial charge on any atom is 0.0794 e. The molecule has 0 aromatic heterocycles. The molecule has 2 heterocycles. The number of aliphatic hydroxyl groups is 1. The fraction of sp³-hybridized carbons (Fsp3) is 1.00. The molecule has 0 radical (unpaired) electrons. The van der Waals surface area contributed by atoms with E-state index >= 15 is 0 Å². The predicted octanol–water partition coefficient (Wildman–Crippen LogP) is -0.548. The van der Waals surface area contributed by atoms with Crippen molar-refractivity contribution in [1.82, 2.24) is 4.90 Å². The quantitative estimate of drug-likeness (QED) is 0.534. The number of β-amino-alcohol motifs (C(OH)–C–C–N with tert-alkyl or cyclic N) is 1. The van der Waals surface area contributed by atoms with Gasteiger partial charge in [-0.15, -0.1) is 0 Å². The molecule has 3 heteroatoms. The molecule has 0 amide bonds. The molecule has 0 aromatic carbocycles. The summed E-state index contributed by atoms with van der Waals surface area (Å²) in [5, 5.41) is 9.00. The van der Waals surface area contributed by atoms with E-state index in [0.29, 0.717) is 6.04 Å². The van der Waals surface area contributed by atoms with Crippen molar-refractivity contribution in [2.24, 2.45) is 0 Å². The number of likely N-dealkylation sites (tertiary alicyclic amines) is 1. The molecule has 2 saturated heterocycles. The highest BCUT2D eigenvalue weighted by Crippen LogP contribution is 2.18. The Bertz CT molecular complexity index is 117. The van der Waals surface area contributed by atoms with Crippen molar-refractivity contribution in [1.29, 1.82) is 0 Å². The Morgan fingerprint density at radius 1 is 1.40 bits per heavy atom. The Labute approximate surface area is 60.6 Å². The zero-order valence-corrected chi connectivity index (χ0v) is 5.99. The van der Waals surface area contributed by atoms with Gasteiger partial charge < -0.3 is 9.84 Å². The van der Waals surface area contributed by atoms with Crippen LogP contribution in [0.4, 0.5) is 0 Å². The van der Waals surface area contributed by atoms with Crippen molar-refractivity contribution >= 4 is 0 Å². The molecule has 2 aliphatic rings. The third-order valence-corrected chi connectivity index (χ3v) is 2.31. The molecule has 0 bridgehead atoms. The molecular weight excluding hydrogens is 130 g/mol. The van der Waals surface area contributed by atoms with E-state index in [9.17, 15) is 0 Å². The minimum atomic E-state index is -0.0689. The molecule has 2 rings (SSSR count). The Morgan fingerprint density at radius 2 is 2.20 bits per heavy atom. The predicted molar refractivity (Wildman–Crippen MR) is 36.8 cm³/mol. The van der Waals surface area contributed by atoms with Gasteiger partial charge in [0, 0.05) is 25.7 Å². The van der Waals surface area contributed by atoms with Gasteiger partial charge in [-0.1, -0.05) is 0 Å². The summed E-state index contributed by atoms with van der Waals surface area (Å²) >= 11 is 0. The molecule has 1 N–H and O–H groups in total. The summed E-state index contributed by atoms with van der Waals surface area (Å²) in [5.41, 5.74) is 0. The van der Waals surface area contributed by atoms with Crippen LogP contribution in [-0.2, 0) is 4.74 Å². The third-order valence-electron chi connectivity index (χ3n) is 2.31. The summed E-state index contributed by atoms with van der Waals surface area (Å²) in [5.74, 6) is 0. The number of rotatable bonds is 1. The molecule has 1 atom stereocenters. The molecule has 10 heavy (non-hydrogen) atoms. The highest BCUT2D eigenvalue weighted by Gasteiger charge is 2.32. The molecule has 3 nitrogen and oxygen atoms in total. The summed E-state index contributed by atoms with van der Waals surface area (Å²) in [6.45, 7) is 3.48. The van der Waals surface area contributed by atoms with E-state index in [4.69, 9.17) is 9.84 Å². The monoisotopic (exact) mass is 143 g/mol. The first kappa shape index (κ1) is 6.58. The maximum absolute atomic E-state index is 9.00. The lowest BCUT2D eigenvalue weighted by Crippen LogP contribution is -2.55. The van der Waals surface area contributed by atoms with Gasteiger partial charge in [-0.2, -0.15) is 0 Å². The van der Waals surface area contributed by atoms with Crippen molar-refractivity contribution < 1.29 is 9.84 Å². The molecule has 0 unspecified atom stereocenters. The number of aliphatic hydroxyl groups excluding tert-OH is 1. The van der Waals surface area contributed by atoms with Gasteiger partial charge in [0.1, 0.15) is 0 Å². The summed E-state index contributed by atoms with van der Waals surface area (Å²) in [7, 11) is 0. The molecule has 2 fully saturated rings. The second-order valence-electron chi connectivity index (χ2n) is 3.13. The van der Waals surface area contributed by atoms with E-state index in [0.717, 1.165) is 32.7 Å². The first-order chi connectivity index (χ1) is 4.86.